The third-order valence-electron chi connectivity index (χ3n) is 11.9. The van der Waals surface area contributed by atoms with Gasteiger partial charge in [-0.3, -0.25) is 0 Å². The number of hydrogen-bond donors (Lipinski definition) is 2. The summed E-state index contributed by atoms with van der Waals surface area (Å²) >= 11 is 0. The van der Waals surface area contributed by atoms with Crippen molar-refractivity contribution in [3.05, 3.63) is 46.5 Å². The Kier molecular flexibility index (Phi) is 14.7. The average Bonchev–Trinajstić information content (AvgIpc) is 3.04. The summed E-state index contributed by atoms with van der Waals surface area (Å²) in [6.07, 6.45) is 13.8. The van der Waals surface area contributed by atoms with Crippen molar-refractivity contribution in [1.29, 1.82) is 0 Å². The number of ether oxygens (including phenoxy) is 2. The Bertz CT molecular complexity index is 1320. The SMILES string of the molecule is CCCCCc1cc(O)c([C@@H]2C[C@H](C)CC[C@H]2C(C)C)c(OC(=O)C(=O)Oc2cc(CCCCC)cc(O)c2[C@@H]2C[C@@H](C)CC[C@H]2C(C)C)c1. The fraction of sp³-hybridized carbons (Fsp3) is 0.682. The van der Waals surface area contributed by atoms with Crippen molar-refractivity contribution in [3.8, 4) is 23.0 Å². The first-order valence-electron chi connectivity index (χ1n) is 20.0. The van der Waals surface area contributed by atoms with Crippen molar-refractivity contribution >= 4 is 11.9 Å². The highest BCUT2D eigenvalue weighted by atomic mass is 16.6. The number of esters is 2. The Labute approximate surface area is 302 Å². The maximum Gasteiger partial charge on any atom is 0.423 e. The van der Waals surface area contributed by atoms with Gasteiger partial charge in [0.2, 0.25) is 0 Å². The molecule has 0 heterocycles. The summed E-state index contributed by atoms with van der Waals surface area (Å²) in [5.41, 5.74) is 3.03. The van der Waals surface area contributed by atoms with Crippen LogP contribution in [-0.2, 0) is 22.4 Å². The Hall–Kier alpha value is -3.02. The van der Waals surface area contributed by atoms with Gasteiger partial charge in [-0.2, -0.15) is 0 Å². The number of unbranched alkanes of at least 4 members (excludes halogenated alkanes) is 4. The number of hydrogen-bond acceptors (Lipinski definition) is 6. The minimum atomic E-state index is -1.11. The molecule has 0 aromatic heterocycles. The zero-order chi connectivity index (χ0) is 36.5. The molecule has 2 fully saturated rings. The van der Waals surface area contributed by atoms with E-state index in [2.05, 4.69) is 55.4 Å². The van der Waals surface area contributed by atoms with E-state index in [-0.39, 0.29) is 34.8 Å². The smallest absolute Gasteiger partial charge is 0.423 e. The van der Waals surface area contributed by atoms with E-state index in [1.165, 1.54) is 0 Å². The second kappa shape index (κ2) is 18.5. The van der Waals surface area contributed by atoms with E-state index in [4.69, 9.17) is 9.47 Å². The molecule has 6 heteroatoms. The summed E-state index contributed by atoms with van der Waals surface area (Å²) in [6.45, 7) is 17.6. The summed E-state index contributed by atoms with van der Waals surface area (Å²) in [6, 6.07) is 7.36. The first-order valence-corrected chi connectivity index (χ1v) is 20.0. The van der Waals surface area contributed by atoms with Gasteiger partial charge >= 0.3 is 11.9 Å². The van der Waals surface area contributed by atoms with E-state index >= 15 is 0 Å². The van der Waals surface area contributed by atoms with Crippen molar-refractivity contribution in [1.82, 2.24) is 0 Å². The Morgan fingerprint density at radius 3 is 1.36 bits per heavy atom. The van der Waals surface area contributed by atoms with Crippen molar-refractivity contribution in [2.75, 3.05) is 0 Å². The lowest BCUT2D eigenvalue weighted by molar-refractivity contribution is -0.156. The van der Waals surface area contributed by atoms with E-state index in [0.29, 0.717) is 46.6 Å². The summed E-state index contributed by atoms with van der Waals surface area (Å²) in [4.78, 5) is 27.5. The number of phenols is 2. The van der Waals surface area contributed by atoms with Crippen LogP contribution in [0.2, 0.25) is 0 Å². The van der Waals surface area contributed by atoms with Crippen LogP contribution >= 0.6 is 0 Å². The van der Waals surface area contributed by atoms with Crippen LogP contribution in [0.25, 0.3) is 0 Å². The summed E-state index contributed by atoms with van der Waals surface area (Å²) in [5, 5.41) is 23.1. The number of aromatic hydroxyl groups is 2. The molecule has 0 amide bonds. The molecule has 2 saturated carbocycles. The third-order valence-corrected chi connectivity index (χ3v) is 11.9. The molecular weight excluding hydrogens is 624 g/mol. The standard InChI is InChI=1S/C44H66O6/c1-9-11-13-15-31-23-37(45)41(35-21-29(7)17-19-33(35)27(3)4)39(25-31)49-43(47)44(48)50-40-26-32(16-14-12-10-2)24-38(46)42(40)36-22-30(8)18-20-34(36)28(5)6/h23-30,33-36,45-46H,9-22H2,1-8H3/t29-,30+,33-,34-,35+,36+/m0/s1. The molecular formula is C44H66O6. The highest BCUT2D eigenvalue weighted by molar-refractivity contribution is 6.31. The molecule has 2 aliphatic carbocycles. The molecule has 278 valence electrons. The lowest BCUT2D eigenvalue weighted by Gasteiger charge is -2.38. The highest BCUT2D eigenvalue weighted by Gasteiger charge is 2.38. The lowest BCUT2D eigenvalue weighted by Crippen LogP contribution is -2.30. The number of phenolic OH excluding ortho intramolecular Hbond substituents is 2. The van der Waals surface area contributed by atoms with Gasteiger partial charge in [0.05, 0.1) is 0 Å². The van der Waals surface area contributed by atoms with Crippen LogP contribution in [0, 0.1) is 35.5 Å². The molecule has 6 nitrogen and oxygen atoms in total. The molecule has 0 aliphatic heterocycles. The van der Waals surface area contributed by atoms with Gasteiger partial charge in [-0.25, -0.2) is 9.59 Å². The molecule has 2 aromatic rings. The quantitative estimate of drug-likeness (QED) is 0.0887. The molecule has 2 N–H and O–H groups in total. The first-order chi connectivity index (χ1) is 23.8. The van der Waals surface area contributed by atoms with Gasteiger partial charge in [0.25, 0.3) is 0 Å². The van der Waals surface area contributed by atoms with Gasteiger partial charge in [-0.1, -0.05) is 93.9 Å². The minimum absolute atomic E-state index is 0.00636. The zero-order valence-corrected chi connectivity index (χ0v) is 32.4. The second-order valence-corrected chi connectivity index (χ2v) is 16.6. The van der Waals surface area contributed by atoms with Gasteiger partial charge in [-0.15, -0.1) is 0 Å². The van der Waals surface area contributed by atoms with Gasteiger partial charge in [-0.05, 0) is 134 Å². The Balaban J connectivity index is 1.70. The van der Waals surface area contributed by atoms with Gasteiger partial charge in [0, 0.05) is 11.1 Å². The molecule has 2 aliphatic rings. The van der Waals surface area contributed by atoms with E-state index in [0.717, 1.165) is 101 Å². The van der Waals surface area contributed by atoms with Gasteiger partial charge in [0.1, 0.15) is 23.0 Å². The first kappa shape index (κ1) is 39.8. The van der Waals surface area contributed by atoms with Crippen LogP contribution < -0.4 is 9.47 Å². The van der Waals surface area contributed by atoms with Gasteiger partial charge < -0.3 is 19.7 Å². The van der Waals surface area contributed by atoms with Crippen molar-refractivity contribution in [2.24, 2.45) is 35.5 Å². The number of benzene rings is 2. The normalized spacial score (nSPS) is 24.0. The van der Waals surface area contributed by atoms with E-state index < -0.39 is 11.9 Å². The van der Waals surface area contributed by atoms with Crippen molar-refractivity contribution in [3.63, 3.8) is 0 Å². The van der Waals surface area contributed by atoms with E-state index in [1.807, 2.05) is 24.3 Å². The predicted molar refractivity (Wildman–Crippen MR) is 202 cm³/mol. The number of aryl methyl sites for hydroxylation is 2. The third kappa shape index (κ3) is 10.1. The molecule has 4 rings (SSSR count). The summed E-state index contributed by atoms with van der Waals surface area (Å²) in [5.74, 6) is 0.951. The van der Waals surface area contributed by atoms with Crippen LogP contribution in [-0.4, -0.2) is 22.2 Å². The summed E-state index contributed by atoms with van der Waals surface area (Å²) in [7, 11) is 0. The van der Waals surface area contributed by atoms with Crippen LogP contribution in [0.15, 0.2) is 24.3 Å². The van der Waals surface area contributed by atoms with Crippen LogP contribution in [0.3, 0.4) is 0 Å². The largest absolute Gasteiger partial charge is 0.508 e. The topological polar surface area (TPSA) is 93.1 Å². The molecule has 2 aromatic carbocycles. The number of carbonyl (C=O) groups excluding carboxylic acids is 2. The van der Waals surface area contributed by atoms with Crippen LogP contribution in [0.5, 0.6) is 23.0 Å². The lowest BCUT2D eigenvalue weighted by atomic mass is 9.67. The van der Waals surface area contributed by atoms with Crippen molar-refractivity contribution in [2.45, 2.75) is 157 Å². The molecule has 0 radical (unpaired) electrons. The predicted octanol–water partition coefficient (Wildman–Crippen LogP) is 11.4. The Morgan fingerprint density at radius 1 is 0.640 bits per heavy atom. The molecule has 0 bridgehead atoms. The fourth-order valence-corrected chi connectivity index (χ4v) is 9.05. The molecule has 0 saturated heterocycles. The maximum atomic E-state index is 13.8. The summed E-state index contributed by atoms with van der Waals surface area (Å²) < 4.78 is 12.0. The molecule has 50 heavy (non-hydrogen) atoms. The maximum absolute atomic E-state index is 13.8. The number of rotatable bonds is 14. The Morgan fingerprint density at radius 2 is 1.02 bits per heavy atom. The number of carbonyl (C=O) groups is 2. The molecule has 0 spiro atoms. The monoisotopic (exact) mass is 690 g/mol. The second-order valence-electron chi connectivity index (χ2n) is 16.6. The minimum Gasteiger partial charge on any atom is -0.508 e. The average molecular weight is 691 g/mol. The zero-order valence-electron chi connectivity index (χ0n) is 32.4. The highest BCUT2D eigenvalue weighted by Crippen LogP contribution is 2.51. The van der Waals surface area contributed by atoms with E-state index in [1.54, 1.807) is 0 Å². The van der Waals surface area contributed by atoms with Crippen LogP contribution in [0.1, 0.15) is 167 Å². The van der Waals surface area contributed by atoms with Crippen LogP contribution in [0.4, 0.5) is 0 Å². The van der Waals surface area contributed by atoms with E-state index in [9.17, 15) is 19.8 Å². The molecule has 6 atom stereocenters. The fourth-order valence-electron chi connectivity index (χ4n) is 9.05. The molecule has 0 unspecified atom stereocenters. The van der Waals surface area contributed by atoms with Crippen molar-refractivity contribution < 1.29 is 29.3 Å². The van der Waals surface area contributed by atoms with Gasteiger partial charge in [0.15, 0.2) is 0 Å².